The molecule has 1 aromatic carbocycles. The third-order valence-corrected chi connectivity index (χ3v) is 3.63. The van der Waals surface area contributed by atoms with Crippen LogP contribution in [0.1, 0.15) is 10.4 Å². The number of amides is 1. The van der Waals surface area contributed by atoms with E-state index in [1.54, 1.807) is 4.90 Å². The van der Waals surface area contributed by atoms with Crippen LogP contribution in [0.3, 0.4) is 0 Å². The maximum Gasteiger partial charge on any atom is 0.255 e. The van der Waals surface area contributed by atoms with E-state index in [9.17, 15) is 13.6 Å². The first kappa shape index (κ1) is 15.2. The quantitative estimate of drug-likeness (QED) is 0.858. The van der Waals surface area contributed by atoms with Crippen molar-refractivity contribution in [2.24, 2.45) is 0 Å². The Morgan fingerprint density at radius 3 is 2.40 bits per heavy atom. The monoisotopic (exact) mass is 304 g/mol. The van der Waals surface area contributed by atoms with Crippen LogP contribution < -0.4 is 0 Å². The van der Waals surface area contributed by atoms with E-state index in [0.717, 1.165) is 12.1 Å². The standard InChI is InChI=1S/C13H15ClF2N2O2/c14-10-8-12(16)11(15)7-9(10)13(20)18-3-1-17(2-4-18)5-6-19/h7-8,19H,1-6H2. The average Bonchev–Trinajstić information content (AvgIpc) is 2.43. The molecule has 0 unspecified atom stereocenters. The van der Waals surface area contributed by atoms with Gasteiger partial charge in [-0.15, -0.1) is 0 Å². The van der Waals surface area contributed by atoms with Gasteiger partial charge in [0.05, 0.1) is 17.2 Å². The van der Waals surface area contributed by atoms with Gasteiger partial charge < -0.3 is 10.0 Å². The maximum atomic E-state index is 13.2. The van der Waals surface area contributed by atoms with Crippen molar-refractivity contribution in [3.8, 4) is 0 Å². The smallest absolute Gasteiger partial charge is 0.255 e. The molecule has 4 nitrogen and oxygen atoms in total. The van der Waals surface area contributed by atoms with Gasteiger partial charge in [-0.3, -0.25) is 9.69 Å². The van der Waals surface area contributed by atoms with Gasteiger partial charge in [0.2, 0.25) is 0 Å². The second-order valence-electron chi connectivity index (χ2n) is 4.60. The fourth-order valence-corrected chi connectivity index (χ4v) is 2.40. The summed E-state index contributed by atoms with van der Waals surface area (Å²) in [5.41, 5.74) is -0.0267. The molecule has 0 radical (unpaired) electrons. The first-order valence-corrected chi connectivity index (χ1v) is 6.67. The van der Waals surface area contributed by atoms with Crippen molar-refractivity contribution in [1.29, 1.82) is 0 Å². The second-order valence-corrected chi connectivity index (χ2v) is 5.01. The molecule has 1 aliphatic heterocycles. The number of carbonyl (C=O) groups excluding carboxylic acids is 1. The van der Waals surface area contributed by atoms with Crippen LogP contribution in [0.2, 0.25) is 5.02 Å². The van der Waals surface area contributed by atoms with Crippen molar-refractivity contribution < 1.29 is 18.7 Å². The number of piperazine rings is 1. The van der Waals surface area contributed by atoms with Crippen molar-refractivity contribution in [3.05, 3.63) is 34.4 Å². The highest BCUT2D eigenvalue weighted by Crippen LogP contribution is 2.22. The third kappa shape index (κ3) is 3.26. The number of rotatable bonds is 3. The molecule has 1 N–H and O–H groups in total. The van der Waals surface area contributed by atoms with Gasteiger partial charge in [0.1, 0.15) is 0 Å². The van der Waals surface area contributed by atoms with Crippen LogP contribution >= 0.6 is 11.6 Å². The molecular weight excluding hydrogens is 290 g/mol. The van der Waals surface area contributed by atoms with Gasteiger partial charge in [-0.2, -0.15) is 0 Å². The van der Waals surface area contributed by atoms with E-state index in [1.165, 1.54) is 0 Å². The average molecular weight is 305 g/mol. The zero-order valence-corrected chi connectivity index (χ0v) is 11.5. The Morgan fingerprint density at radius 2 is 1.80 bits per heavy atom. The number of carbonyl (C=O) groups is 1. The Balaban J connectivity index is 2.07. The van der Waals surface area contributed by atoms with Crippen LogP contribution in [0, 0.1) is 11.6 Å². The highest BCUT2D eigenvalue weighted by molar-refractivity contribution is 6.33. The normalized spacial score (nSPS) is 16.5. The number of aliphatic hydroxyl groups is 1. The molecule has 0 spiro atoms. The zero-order chi connectivity index (χ0) is 14.7. The Labute approximate surface area is 120 Å². The van der Waals surface area contributed by atoms with E-state index in [0.29, 0.717) is 32.7 Å². The highest BCUT2D eigenvalue weighted by atomic mass is 35.5. The first-order valence-electron chi connectivity index (χ1n) is 6.30. The summed E-state index contributed by atoms with van der Waals surface area (Å²) in [5, 5.41) is 8.76. The van der Waals surface area contributed by atoms with Crippen LogP contribution in [0.15, 0.2) is 12.1 Å². The van der Waals surface area contributed by atoms with Gasteiger partial charge >= 0.3 is 0 Å². The molecule has 1 saturated heterocycles. The molecule has 1 aliphatic rings. The molecule has 0 saturated carbocycles. The summed E-state index contributed by atoms with van der Waals surface area (Å²) in [4.78, 5) is 15.8. The molecule has 1 amide bonds. The number of aliphatic hydroxyl groups excluding tert-OH is 1. The number of benzene rings is 1. The first-order chi connectivity index (χ1) is 9.52. The number of β-amino-alcohol motifs (C(OH)–C–C–N with tert-alkyl or cyclic N) is 1. The predicted octanol–water partition coefficient (Wildman–Crippen LogP) is 1.37. The summed E-state index contributed by atoms with van der Waals surface area (Å²) in [6, 6.07) is 1.65. The van der Waals surface area contributed by atoms with Crippen LogP contribution in [0.5, 0.6) is 0 Å². The molecule has 1 fully saturated rings. The maximum absolute atomic E-state index is 13.2. The lowest BCUT2D eigenvalue weighted by Gasteiger charge is -2.34. The minimum absolute atomic E-state index is 0.0267. The van der Waals surface area contributed by atoms with Crippen LogP contribution in [-0.4, -0.2) is 60.1 Å². The van der Waals surface area contributed by atoms with Gasteiger partial charge in [-0.1, -0.05) is 11.6 Å². The molecule has 0 atom stereocenters. The summed E-state index contributed by atoms with van der Waals surface area (Å²) in [6.07, 6.45) is 0. The van der Waals surface area contributed by atoms with Gasteiger partial charge in [-0.05, 0) is 12.1 Å². The lowest BCUT2D eigenvalue weighted by atomic mass is 10.1. The molecule has 110 valence electrons. The molecule has 2 rings (SSSR count). The topological polar surface area (TPSA) is 43.8 Å². The van der Waals surface area contributed by atoms with Gasteiger partial charge in [-0.25, -0.2) is 8.78 Å². The van der Waals surface area contributed by atoms with Crippen molar-refractivity contribution >= 4 is 17.5 Å². The van der Waals surface area contributed by atoms with E-state index in [-0.39, 0.29) is 17.2 Å². The van der Waals surface area contributed by atoms with Crippen molar-refractivity contribution in [2.45, 2.75) is 0 Å². The predicted molar refractivity (Wildman–Crippen MR) is 70.8 cm³/mol. The van der Waals surface area contributed by atoms with E-state index < -0.39 is 17.5 Å². The number of hydrogen-bond donors (Lipinski definition) is 1. The van der Waals surface area contributed by atoms with Crippen molar-refractivity contribution in [2.75, 3.05) is 39.3 Å². The molecule has 0 aromatic heterocycles. The lowest BCUT2D eigenvalue weighted by molar-refractivity contribution is 0.0614. The summed E-state index contributed by atoms with van der Waals surface area (Å²) in [6.45, 7) is 2.83. The van der Waals surface area contributed by atoms with Gasteiger partial charge in [0.25, 0.3) is 5.91 Å². The van der Waals surface area contributed by atoms with Crippen molar-refractivity contribution in [1.82, 2.24) is 9.80 Å². The molecule has 7 heteroatoms. The summed E-state index contributed by atoms with van der Waals surface area (Å²) >= 11 is 5.80. The molecule has 0 bridgehead atoms. The summed E-state index contributed by atoms with van der Waals surface area (Å²) in [5.74, 6) is -2.56. The largest absolute Gasteiger partial charge is 0.395 e. The summed E-state index contributed by atoms with van der Waals surface area (Å²) < 4.78 is 26.2. The fraction of sp³-hybridized carbons (Fsp3) is 0.462. The third-order valence-electron chi connectivity index (χ3n) is 3.32. The van der Waals surface area contributed by atoms with Crippen molar-refractivity contribution in [3.63, 3.8) is 0 Å². The van der Waals surface area contributed by atoms with Gasteiger partial charge in [0, 0.05) is 32.7 Å². The minimum atomic E-state index is -1.09. The zero-order valence-electron chi connectivity index (χ0n) is 10.8. The minimum Gasteiger partial charge on any atom is -0.395 e. The number of hydrogen-bond acceptors (Lipinski definition) is 3. The Morgan fingerprint density at radius 1 is 1.20 bits per heavy atom. The highest BCUT2D eigenvalue weighted by Gasteiger charge is 2.24. The SMILES string of the molecule is O=C(c1cc(F)c(F)cc1Cl)N1CCN(CCO)CC1. The lowest BCUT2D eigenvalue weighted by Crippen LogP contribution is -2.49. The molecule has 0 aliphatic carbocycles. The summed E-state index contributed by atoms with van der Waals surface area (Å²) in [7, 11) is 0. The van der Waals surface area contributed by atoms with E-state index in [4.69, 9.17) is 16.7 Å². The van der Waals surface area contributed by atoms with Crippen LogP contribution in [0.4, 0.5) is 8.78 Å². The molecular formula is C13H15ClF2N2O2. The Hall–Kier alpha value is -1.24. The van der Waals surface area contributed by atoms with Crippen LogP contribution in [0.25, 0.3) is 0 Å². The van der Waals surface area contributed by atoms with E-state index in [1.807, 2.05) is 4.90 Å². The second kappa shape index (κ2) is 6.47. The number of halogens is 3. The van der Waals surface area contributed by atoms with Gasteiger partial charge in [0.15, 0.2) is 11.6 Å². The molecule has 1 heterocycles. The Bertz CT molecular complexity index is 505. The van der Waals surface area contributed by atoms with Crippen LogP contribution in [-0.2, 0) is 0 Å². The molecule has 1 aromatic rings. The Kier molecular flexibility index (Phi) is 4.91. The fourth-order valence-electron chi connectivity index (χ4n) is 2.17. The van der Waals surface area contributed by atoms with E-state index in [2.05, 4.69) is 0 Å². The number of nitrogens with zero attached hydrogens (tertiary/aromatic N) is 2. The molecule has 20 heavy (non-hydrogen) atoms. The van der Waals surface area contributed by atoms with E-state index >= 15 is 0 Å².